The van der Waals surface area contributed by atoms with Gasteiger partial charge < -0.3 is 16.4 Å². The Balaban J connectivity index is 2.00. The van der Waals surface area contributed by atoms with Crippen molar-refractivity contribution in [1.82, 2.24) is 5.32 Å². The number of carbonyl (C=O) groups excluding carboxylic acids is 1. The topological polar surface area (TPSA) is 90.9 Å². The largest absolute Gasteiger partial charge is 0.385 e. The molecule has 1 fully saturated rings. The van der Waals surface area contributed by atoms with E-state index in [-0.39, 0.29) is 11.7 Å². The Morgan fingerprint density at radius 1 is 1.35 bits per heavy atom. The first-order valence-electron chi connectivity index (χ1n) is 7.65. The molecule has 23 heavy (non-hydrogen) atoms. The fourth-order valence-electron chi connectivity index (χ4n) is 3.72. The maximum Gasteiger partial charge on any atom is 0.255 e. The molecule has 1 aliphatic carbocycles. The number of benzene rings is 1. The second-order valence-corrected chi connectivity index (χ2v) is 6.46. The molecule has 1 aromatic carbocycles. The van der Waals surface area contributed by atoms with Gasteiger partial charge in [-0.1, -0.05) is 43.3 Å². The van der Waals surface area contributed by atoms with Crippen LogP contribution >= 0.6 is 12.2 Å². The van der Waals surface area contributed by atoms with Crippen LogP contribution in [0.15, 0.2) is 41.7 Å². The number of para-hydroxylation sites is 1. The van der Waals surface area contributed by atoms with Gasteiger partial charge in [0, 0.05) is 11.1 Å². The van der Waals surface area contributed by atoms with E-state index in [0.29, 0.717) is 16.2 Å². The number of carbonyl (C=O) groups is 1. The van der Waals surface area contributed by atoms with Crippen molar-refractivity contribution in [3.8, 4) is 6.07 Å². The van der Waals surface area contributed by atoms with E-state index >= 15 is 0 Å². The molecule has 1 atom stereocenters. The summed E-state index contributed by atoms with van der Waals surface area (Å²) >= 11 is 5.30. The summed E-state index contributed by atoms with van der Waals surface area (Å²) in [6.45, 7) is 0. The molecule has 118 valence electrons. The molecular weight excluding hydrogens is 308 g/mol. The number of amides is 1. The number of nitrogens with zero attached hydrogens (tertiary/aromatic N) is 1. The van der Waals surface area contributed by atoms with Crippen molar-refractivity contribution in [1.29, 1.82) is 5.26 Å². The summed E-state index contributed by atoms with van der Waals surface area (Å²) in [7, 11) is 0. The predicted octanol–water partition coefficient (Wildman–Crippen LogP) is 2.43. The summed E-state index contributed by atoms with van der Waals surface area (Å²) in [5.74, 6) is -0.494. The molecule has 5 nitrogen and oxygen atoms in total. The Morgan fingerprint density at radius 2 is 2.00 bits per heavy atom. The number of thiocarbonyl (C=S) groups is 1. The lowest BCUT2D eigenvalue weighted by Crippen LogP contribution is -2.50. The van der Waals surface area contributed by atoms with Gasteiger partial charge in [-0.25, -0.2) is 0 Å². The van der Waals surface area contributed by atoms with Crippen LogP contribution in [-0.4, -0.2) is 10.9 Å². The minimum Gasteiger partial charge on any atom is -0.385 e. The van der Waals surface area contributed by atoms with E-state index in [2.05, 4.69) is 16.7 Å². The molecule has 2 aliphatic rings. The van der Waals surface area contributed by atoms with Gasteiger partial charge in [0.05, 0.1) is 16.6 Å². The molecule has 1 heterocycles. The Morgan fingerprint density at radius 3 is 2.61 bits per heavy atom. The SMILES string of the molecule is N#C[C@@H]1C(=S)NC(N)=C(C(=O)Nc2ccccc2)C12CCCC2. The van der Waals surface area contributed by atoms with Gasteiger partial charge in [0.15, 0.2) is 0 Å². The predicted molar refractivity (Wildman–Crippen MR) is 92.0 cm³/mol. The molecule has 0 bridgehead atoms. The number of hydrogen-bond donors (Lipinski definition) is 3. The van der Waals surface area contributed by atoms with E-state index in [9.17, 15) is 10.1 Å². The highest BCUT2D eigenvalue weighted by molar-refractivity contribution is 7.80. The van der Waals surface area contributed by atoms with Crippen LogP contribution < -0.4 is 16.4 Å². The summed E-state index contributed by atoms with van der Waals surface area (Å²) in [6, 6.07) is 11.5. The Kier molecular flexibility index (Phi) is 4.05. The quantitative estimate of drug-likeness (QED) is 0.726. The molecule has 1 aromatic rings. The van der Waals surface area contributed by atoms with Crippen LogP contribution in [-0.2, 0) is 4.79 Å². The van der Waals surface area contributed by atoms with E-state index in [4.69, 9.17) is 18.0 Å². The lowest BCUT2D eigenvalue weighted by Gasteiger charge is -2.40. The number of nitriles is 1. The Bertz CT molecular complexity index is 714. The standard InChI is InChI=1S/C17H18N4OS/c18-10-12-16(23)21-14(19)13(17(12)8-4-5-9-17)15(22)20-11-6-2-1-3-7-11/h1-3,6-7,12H,4-5,8-9,19H2,(H,20,22)(H,21,23)/t12-/m1/s1. The third-order valence-corrected chi connectivity index (χ3v) is 5.06. The number of anilines is 1. The average Bonchev–Trinajstić information content (AvgIpc) is 2.97. The van der Waals surface area contributed by atoms with Gasteiger partial charge in [-0.2, -0.15) is 5.26 Å². The van der Waals surface area contributed by atoms with Gasteiger partial charge >= 0.3 is 0 Å². The Labute approximate surface area is 140 Å². The second-order valence-electron chi connectivity index (χ2n) is 6.02. The monoisotopic (exact) mass is 326 g/mol. The van der Waals surface area contributed by atoms with Gasteiger partial charge in [-0.15, -0.1) is 0 Å². The summed E-state index contributed by atoms with van der Waals surface area (Å²) < 4.78 is 0. The first-order valence-corrected chi connectivity index (χ1v) is 8.06. The lowest BCUT2D eigenvalue weighted by atomic mass is 9.66. The van der Waals surface area contributed by atoms with Crippen LogP contribution in [0.25, 0.3) is 0 Å². The third kappa shape index (κ3) is 2.57. The zero-order chi connectivity index (χ0) is 16.4. The molecule has 0 unspecified atom stereocenters. The van der Waals surface area contributed by atoms with Gasteiger partial charge in [0.2, 0.25) is 0 Å². The summed E-state index contributed by atoms with van der Waals surface area (Å²) in [5, 5.41) is 15.3. The van der Waals surface area contributed by atoms with E-state index in [0.717, 1.165) is 25.7 Å². The maximum absolute atomic E-state index is 12.9. The molecule has 4 N–H and O–H groups in total. The summed E-state index contributed by atoms with van der Waals surface area (Å²) in [4.78, 5) is 13.3. The van der Waals surface area contributed by atoms with E-state index < -0.39 is 11.3 Å². The van der Waals surface area contributed by atoms with Crippen molar-refractivity contribution in [3.05, 3.63) is 41.7 Å². The molecule has 0 radical (unpaired) electrons. The second kappa shape index (κ2) is 6.01. The highest BCUT2D eigenvalue weighted by Gasteiger charge is 2.52. The van der Waals surface area contributed by atoms with Gasteiger partial charge in [0.1, 0.15) is 11.7 Å². The van der Waals surface area contributed by atoms with Crippen LogP contribution in [0.1, 0.15) is 25.7 Å². The molecule has 0 aromatic heterocycles. The maximum atomic E-state index is 12.9. The van der Waals surface area contributed by atoms with Gasteiger partial charge in [-0.05, 0) is 25.0 Å². The summed E-state index contributed by atoms with van der Waals surface area (Å²) in [5.41, 5.74) is 6.71. The minimum absolute atomic E-state index is 0.258. The first kappa shape index (κ1) is 15.5. The zero-order valence-electron chi connectivity index (χ0n) is 12.6. The van der Waals surface area contributed by atoms with Crippen molar-refractivity contribution in [3.63, 3.8) is 0 Å². The van der Waals surface area contributed by atoms with Crippen molar-refractivity contribution in [2.45, 2.75) is 25.7 Å². The zero-order valence-corrected chi connectivity index (χ0v) is 13.5. The number of hydrogen-bond acceptors (Lipinski definition) is 4. The summed E-state index contributed by atoms with van der Waals surface area (Å²) in [6.07, 6.45) is 3.45. The van der Waals surface area contributed by atoms with Crippen LogP contribution in [0.3, 0.4) is 0 Å². The first-order chi connectivity index (χ1) is 11.1. The highest BCUT2D eigenvalue weighted by Crippen LogP contribution is 2.52. The van der Waals surface area contributed by atoms with E-state index in [1.807, 2.05) is 30.3 Å². The van der Waals surface area contributed by atoms with Crippen LogP contribution in [0, 0.1) is 22.7 Å². The molecule has 1 amide bonds. The normalized spacial score (nSPS) is 22.6. The highest BCUT2D eigenvalue weighted by atomic mass is 32.1. The van der Waals surface area contributed by atoms with Crippen molar-refractivity contribution < 1.29 is 4.79 Å². The number of rotatable bonds is 2. The Hall–Kier alpha value is -2.39. The molecular formula is C17H18N4OS. The van der Waals surface area contributed by atoms with Gasteiger partial charge in [0.25, 0.3) is 5.91 Å². The fraction of sp³-hybridized carbons (Fsp3) is 0.353. The molecule has 1 saturated carbocycles. The van der Waals surface area contributed by atoms with Crippen LogP contribution in [0.5, 0.6) is 0 Å². The van der Waals surface area contributed by atoms with Crippen LogP contribution in [0.4, 0.5) is 5.69 Å². The van der Waals surface area contributed by atoms with Crippen molar-refractivity contribution >= 4 is 28.8 Å². The number of nitrogens with two attached hydrogens (primary N) is 1. The lowest BCUT2D eigenvalue weighted by molar-refractivity contribution is -0.114. The third-order valence-electron chi connectivity index (χ3n) is 4.72. The molecule has 3 rings (SSSR count). The van der Waals surface area contributed by atoms with Gasteiger partial charge in [-0.3, -0.25) is 4.79 Å². The average molecular weight is 326 g/mol. The van der Waals surface area contributed by atoms with Crippen molar-refractivity contribution in [2.75, 3.05) is 5.32 Å². The van der Waals surface area contributed by atoms with E-state index in [1.165, 1.54) is 0 Å². The molecule has 0 saturated heterocycles. The smallest absolute Gasteiger partial charge is 0.255 e. The molecule has 6 heteroatoms. The van der Waals surface area contributed by atoms with Crippen LogP contribution in [0.2, 0.25) is 0 Å². The molecule has 1 spiro atoms. The minimum atomic E-state index is -0.569. The molecule has 1 aliphatic heterocycles. The number of nitrogens with one attached hydrogen (secondary N) is 2. The van der Waals surface area contributed by atoms with Crippen molar-refractivity contribution in [2.24, 2.45) is 17.1 Å². The fourth-order valence-corrected chi connectivity index (χ4v) is 4.11. The van der Waals surface area contributed by atoms with E-state index in [1.54, 1.807) is 0 Å².